The summed E-state index contributed by atoms with van der Waals surface area (Å²) in [6, 6.07) is 6.06. The lowest BCUT2D eigenvalue weighted by molar-refractivity contribution is 0.326. The topological polar surface area (TPSA) is 38.5 Å². The van der Waals surface area contributed by atoms with Crippen molar-refractivity contribution in [1.29, 1.82) is 0 Å². The van der Waals surface area contributed by atoms with E-state index in [-0.39, 0.29) is 12.4 Å². The van der Waals surface area contributed by atoms with Crippen LogP contribution in [0.2, 0.25) is 5.02 Å². The third-order valence-corrected chi connectivity index (χ3v) is 3.32. The number of hydrogen-bond acceptors (Lipinski definition) is 3. The Bertz CT molecular complexity index is 374. The zero-order valence-electron chi connectivity index (χ0n) is 9.86. The number of likely N-dealkylation sites (tertiary alicyclic amines) is 1. The molecule has 0 bridgehead atoms. The van der Waals surface area contributed by atoms with Gasteiger partial charge in [0.25, 0.3) is 0 Å². The molecule has 0 aliphatic carbocycles. The molecule has 1 heterocycles. The maximum Gasteiger partial charge on any atom is 0.119 e. The van der Waals surface area contributed by atoms with E-state index in [2.05, 4.69) is 4.90 Å². The molecule has 2 N–H and O–H groups in total. The van der Waals surface area contributed by atoms with Crippen LogP contribution in [0.1, 0.15) is 12.0 Å². The number of hydrogen-bond donors (Lipinski definition) is 1. The largest absolute Gasteiger partial charge is 0.497 e. The van der Waals surface area contributed by atoms with Gasteiger partial charge in [-0.1, -0.05) is 11.6 Å². The third-order valence-electron chi connectivity index (χ3n) is 2.96. The highest BCUT2D eigenvalue weighted by Crippen LogP contribution is 2.24. The number of nitrogens with two attached hydrogens (primary N) is 1. The van der Waals surface area contributed by atoms with Gasteiger partial charge in [-0.3, -0.25) is 4.90 Å². The predicted molar refractivity (Wildman–Crippen MR) is 73.1 cm³/mol. The second kappa shape index (κ2) is 6.45. The summed E-state index contributed by atoms with van der Waals surface area (Å²) in [6.07, 6.45) is 1.07. The highest BCUT2D eigenvalue weighted by atomic mass is 35.5. The Morgan fingerprint density at radius 1 is 1.53 bits per heavy atom. The van der Waals surface area contributed by atoms with Crippen molar-refractivity contribution in [2.75, 3.05) is 20.2 Å². The van der Waals surface area contributed by atoms with Crippen LogP contribution in [0.5, 0.6) is 5.75 Å². The zero-order valence-corrected chi connectivity index (χ0v) is 11.4. The molecule has 0 aromatic heterocycles. The van der Waals surface area contributed by atoms with Gasteiger partial charge in [-0.05, 0) is 30.2 Å². The van der Waals surface area contributed by atoms with Gasteiger partial charge in [-0.25, -0.2) is 0 Å². The summed E-state index contributed by atoms with van der Waals surface area (Å²) >= 11 is 6.15. The Morgan fingerprint density at radius 2 is 2.29 bits per heavy atom. The lowest BCUT2D eigenvalue weighted by atomic mass is 10.2. The Labute approximate surface area is 113 Å². The van der Waals surface area contributed by atoms with E-state index in [1.54, 1.807) is 7.11 Å². The molecular weight excluding hydrogens is 259 g/mol. The van der Waals surface area contributed by atoms with Gasteiger partial charge >= 0.3 is 0 Å². The Balaban J connectivity index is 0.00000144. The van der Waals surface area contributed by atoms with Crippen LogP contribution in [0, 0.1) is 0 Å². The van der Waals surface area contributed by atoms with Gasteiger partial charge in [-0.15, -0.1) is 12.4 Å². The number of nitrogens with zero attached hydrogens (tertiary/aromatic N) is 1. The first-order chi connectivity index (χ1) is 7.69. The van der Waals surface area contributed by atoms with Gasteiger partial charge in [0.1, 0.15) is 5.75 Å². The number of halogens is 2. The standard InChI is InChI=1S/C12H17ClN2O.ClH/c1-16-11-2-3-12(13)9(6-11)7-15-5-4-10(14)8-15;/h2-3,6,10H,4-5,7-8,14H2,1H3;1H/t10-;/m0./s1. The van der Waals surface area contributed by atoms with Gasteiger partial charge in [0.15, 0.2) is 0 Å². The Hall–Kier alpha value is -0.480. The van der Waals surface area contributed by atoms with E-state index in [1.807, 2.05) is 18.2 Å². The highest BCUT2D eigenvalue weighted by molar-refractivity contribution is 6.31. The fourth-order valence-electron chi connectivity index (χ4n) is 2.05. The predicted octanol–water partition coefficient (Wildman–Crippen LogP) is 2.30. The molecule has 1 aliphatic rings. The first kappa shape index (κ1) is 14.6. The minimum atomic E-state index is 0. The SMILES string of the molecule is COc1ccc(Cl)c(CN2CC[C@H](N)C2)c1.Cl. The van der Waals surface area contributed by atoms with Crippen LogP contribution in [-0.4, -0.2) is 31.1 Å². The van der Waals surface area contributed by atoms with Crippen molar-refractivity contribution in [3.63, 3.8) is 0 Å². The molecule has 3 nitrogen and oxygen atoms in total. The lowest BCUT2D eigenvalue weighted by Gasteiger charge is -2.16. The number of benzene rings is 1. The molecule has 17 heavy (non-hydrogen) atoms. The molecule has 0 saturated carbocycles. The molecule has 1 aromatic carbocycles. The summed E-state index contributed by atoms with van der Waals surface area (Å²) in [5, 5.41) is 0.793. The molecule has 0 amide bonds. The van der Waals surface area contributed by atoms with Crippen LogP contribution < -0.4 is 10.5 Å². The summed E-state index contributed by atoms with van der Waals surface area (Å²) in [7, 11) is 1.67. The van der Waals surface area contributed by atoms with Crippen molar-refractivity contribution < 1.29 is 4.74 Å². The maximum atomic E-state index is 6.15. The van der Waals surface area contributed by atoms with Crippen molar-refractivity contribution in [2.45, 2.75) is 19.0 Å². The molecule has 5 heteroatoms. The van der Waals surface area contributed by atoms with Crippen LogP contribution >= 0.6 is 24.0 Å². The average molecular weight is 277 g/mol. The smallest absolute Gasteiger partial charge is 0.119 e. The molecule has 0 unspecified atom stereocenters. The van der Waals surface area contributed by atoms with Crippen molar-refractivity contribution in [1.82, 2.24) is 4.90 Å². The van der Waals surface area contributed by atoms with Gasteiger partial charge in [0, 0.05) is 30.7 Å². The fourth-order valence-corrected chi connectivity index (χ4v) is 2.22. The second-order valence-electron chi connectivity index (χ2n) is 4.24. The van der Waals surface area contributed by atoms with Crippen LogP contribution in [0.15, 0.2) is 18.2 Å². The second-order valence-corrected chi connectivity index (χ2v) is 4.65. The van der Waals surface area contributed by atoms with E-state index in [0.717, 1.165) is 42.4 Å². The van der Waals surface area contributed by atoms with Gasteiger partial charge in [0.05, 0.1) is 7.11 Å². The van der Waals surface area contributed by atoms with Gasteiger partial charge < -0.3 is 10.5 Å². The van der Waals surface area contributed by atoms with E-state index in [9.17, 15) is 0 Å². The Morgan fingerprint density at radius 3 is 2.88 bits per heavy atom. The van der Waals surface area contributed by atoms with Crippen LogP contribution in [-0.2, 0) is 6.54 Å². The minimum Gasteiger partial charge on any atom is -0.497 e. The summed E-state index contributed by atoms with van der Waals surface area (Å²) < 4.78 is 5.19. The third kappa shape index (κ3) is 3.75. The number of rotatable bonds is 3. The van der Waals surface area contributed by atoms with E-state index >= 15 is 0 Å². The first-order valence-electron chi connectivity index (χ1n) is 5.49. The summed E-state index contributed by atoms with van der Waals surface area (Å²) in [4.78, 5) is 2.32. The monoisotopic (exact) mass is 276 g/mol. The lowest BCUT2D eigenvalue weighted by Crippen LogP contribution is -2.26. The van der Waals surface area contributed by atoms with E-state index < -0.39 is 0 Å². The highest BCUT2D eigenvalue weighted by Gasteiger charge is 2.19. The van der Waals surface area contributed by atoms with Crippen LogP contribution in [0.25, 0.3) is 0 Å². The molecule has 1 atom stereocenters. The normalized spacial score (nSPS) is 20.1. The molecular formula is C12H18Cl2N2O. The molecule has 0 radical (unpaired) electrons. The quantitative estimate of drug-likeness (QED) is 0.921. The average Bonchev–Trinajstić information content (AvgIpc) is 2.67. The van der Waals surface area contributed by atoms with Crippen molar-refractivity contribution in [3.05, 3.63) is 28.8 Å². The van der Waals surface area contributed by atoms with Gasteiger partial charge in [0.2, 0.25) is 0 Å². The summed E-state index contributed by atoms with van der Waals surface area (Å²) in [6.45, 7) is 2.85. The molecule has 1 aromatic rings. The zero-order chi connectivity index (χ0) is 11.5. The summed E-state index contributed by atoms with van der Waals surface area (Å²) in [5.41, 5.74) is 6.98. The minimum absolute atomic E-state index is 0. The first-order valence-corrected chi connectivity index (χ1v) is 5.87. The van der Waals surface area contributed by atoms with Crippen molar-refractivity contribution >= 4 is 24.0 Å². The number of ether oxygens (including phenoxy) is 1. The van der Waals surface area contributed by atoms with Crippen molar-refractivity contribution in [2.24, 2.45) is 5.73 Å². The van der Waals surface area contributed by atoms with E-state index in [0.29, 0.717) is 6.04 Å². The molecule has 1 fully saturated rings. The Kier molecular flexibility index (Phi) is 5.53. The fraction of sp³-hybridized carbons (Fsp3) is 0.500. The van der Waals surface area contributed by atoms with Crippen LogP contribution in [0.4, 0.5) is 0 Å². The van der Waals surface area contributed by atoms with E-state index in [1.165, 1.54) is 0 Å². The number of methoxy groups -OCH3 is 1. The van der Waals surface area contributed by atoms with Crippen molar-refractivity contribution in [3.8, 4) is 5.75 Å². The molecule has 0 spiro atoms. The molecule has 1 aliphatic heterocycles. The molecule has 2 rings (SSSR count). The van der Waals surface area contributed by atoms with Crippen LogP contribution in [0.3, 0.4) is 0 Å². The molecule has 96 valence electrons. The molecule has 1 saturated heterocycles. The maximum absolute atomic E-state index is 6.15. The van der Waals surface area contributed by atoms with Gasteiger partial charge in [-0.2, -0.15) is 0 Å². The van der Waals surface area contributed by atoms with E-state index in [4.69, 9.17) is 22.1 Å². The summed E-state index contributed by atoms with van der Waals surface area (Å²) in [5.74, 6) is 0.850.